The minimum Gasteiger partial charge on any atom is -0.390 e. The van der Waals surface area contributed by atoms with Gasteiger partial charge in [-0.2, -0.15) is 5.26 Å². The molecule has 2 N–H and O–H groups in total. The summed E-state index contributed by atoms with van der Waals surface area (Å²) < 4.78 is 0. The number of para-hydroxylation sites is 1. The first-order valence-corrected chi connectivity index (χ1v) is 9.38. The number of hydrogen-bond donors (Lipinski definition) is 2. The molecule has 1 amide bonds. The van der Waals surface area contributed by atoms with Gasteiger partial charge in [0.1, 0.15) is 11.6 Å². The number of carbonyl (C=O) groups is 1. The van der Waals surface area contributed by atoms with Crippen LogP contribution in [0.3, 0.4) is 0 Å². The second-order valence-electron chi connectivity index (χ2n) is 6.17. The van der Waals surface area contributed by atoms with Gasteiger partial charge in [-0.3, -0.25) is 4.79 Å². The van der Waals surface area contributed by atoms with E-state index in [1.807, 2.05) is 60.7 Å². The van der Waals surface area contributed by atoms with Gasteiger partial charge in [0.15, 0.2) is 0 Å². The topological polar surface area (TPSA) is 64.9 Å². The van der Waals surface area contributed by atoms with Gasteiger partial charge in [-0.1, -0.05) is 55.9 Å². The van der Waals surface area contributed by atoms with Crippen molar-refractivity contribution in [1.82, 2.24) is 5.32 Å². The SMILES string of the molecule is CC(C)CCN/C=C(/C#N)C(=O)Nc1ccccc1Sc1ccccc1. The minimum atomic E-state index is -0.411. The smallest absolute Gasteiger partial charge is 0.267 e. The zero-order chi connectivity index (χ0) is 18.8. The van der Waals surface area contributed by atoms with Crippen LogP contribution in [0, 0.1) is 17.2 Å². The first-order valence-electron chi connectivity index (χ1n) is 8.57. The van der Waals surface area contributed by atoms with Crippen molar-refractivity contribution < 1.29 is 4.79 Å². The molecule has 134 valence electrons. The average Bonchev–Trinajstić information content (AvgIpc) is 2.64. The van der Waals surface area contributed by atoms with Crippen LogP contribution < -0.4 is 10.6 Å². The molecule has 2 aromatic rings. The molecule has 0 aromatic heterocycles. The largest absolute Gasteiger partial charge is 0.390 e. The summed E-state index contributed by atoms with van der Waals surface area (Å²) >= 11 is 1.57. The summed E-state index contributed by atoms with van der Waals surface area (Å²) in [6, 6.07) is 19.5. The third-order valence-corrected chi connectivity index (χ3v) is 4.67. The van der Waals surface area contributed by atoms with Gasteiger partial charge in [0.05, 0.1) is 5.69 Å². The quantitative estimate of drug-likeness (QED) is 0.400. The third kappa shape index (κ3) is 6.30. The molecule has 0 radical (unpaired) electrons. The zero-order valence-electron chi connectivity index (χ0n) is 15.0. The van der Waals surface area contributed by atoms with Crippen molar-refractivity contribution in [2.24, 2.45) is 5.92 Å². The van der Waals surface area contributed by atoms with Gasteiger partial charge >= 0.3 is 0 Å². The lowest BCUT2D eigenvalue weighted by Crippen LogP contribution is -2.18. The van der Waals surface area contributed by atoms with Crippen LogP contribution in [0.2, 0.25) is 0 Å². The van der Waals surface area contributed by atoms with Gasteiger partial charge < -0.3 is 10.6 Å². The summed E-state index contributed by atoms with van der Waals surface area (Å²) in [5.41, 5.74) is 0.753. The maximum atomic E-state index is 12.4. The van der Waals surface area contributed by atoms with Crippen molar-refractivity contribution in [2.75, 3.05) is 11.9 Å². The van der Waals surface area contributed by atoms with E-state index in [0.717, 1.165) is 22.8 Å². The normalized spacial score (nSPS) is 11.1. The number of hydrogen-bond acceptors (Lipinski definition) is 4. The van der Waals surface area contributed by atoms with Gasteiger partial charge in [-0.25, -0.2) is 0 Å². The molecule has 0 heterocycles. The highest BCUT2D eigenvalue weighted by molar-refractivity contribution is 7.99. The second-order valence-corrected chi connectivity index (χ2v) is 7.29. The predicted molar refractivity (Wildman–Crippen MR) is 107 cm³/mol. The number of benzene rings is 2. The molecule has 0 aliphatic carbocycles. The lowest BCUT2D eigenvalue weighted by Gasteiger charge is -2.10. The van der Waals surface area contributed by atoms with Crippen LogP contribution in [0.5, 0.6) is 0 Å². The number of amides is 1. The first-order chi connectivity index (χ1) is 12.6. The maximum Gasteiger partial charge on any atom is 0.267 e. The fraction of sp³-hybridized carbons (Fsp3) is 0.238. The molecule has 0 aliphatic rings. The van der Waals surface area contributed by atoms with Crippen LogP contribution in [0.25, 0.3) is 0 Å². The molecule has 0 atom stereocenters. The van der Waals surface area contributed by atoms with Crippen LogP contribution in [-0.2, 0) is 4.79 Å². The van der Waals surface area contributed by atoms with Gasteiger partial charge in [0.2, 0.25) is 0 Å². The summed E-state index contributed by atoms with van der Waals surface area (Å²) in [6.07, 6.45) is 2.47. The summed E-state index contributed by atoms with van der Waals surface area (Å²) in [6.45, 7) is 4.99. The lowest BCUT2D eigenvalue weighted by molar-refractivity contribution is -0.112. The van der Waals surface area contributed by atoms with Crippen molar-refractivity contribution in [1.29, 1.82) is 5.26 Å². The number of rotatable bonds is 8. The Balaban J connectivity index is 2.06. The van der Waals surface area contributed by atoms with Crippen LogP contribution >= 0.6 is 11.8 Å². The van der Waals surface area contributed by atoms with Crippen molar-refractivity contribution in [3.8, 4) is 6.07 Å². The van der Waals surface area contributed by atoms with Crippen LogP contribution in [0.4, 0.5) is 5.69 Å². The maximum absolute atomic E-state index is 12.4. The Hall–Kier alpha value is -2.71. The van der Waals surface area contributed by atoms with E-state index in [1.165, 1.54) is 6.20 Å². The lowest BCUT2D eigenvalue weighted by atomic mass is 10.1. The van der Waals surface area contributed by atoms with E-state index in [0.29, 0.717) is 11.6 Å². The molecule has 26 heavy (non-hydrogen) atoms. The molecule has 0 bridgehead atoms. The average molecular weight is 366 g/mol. The molecule has 0 fully saturated rings. The van der Waals surface area contributed by atoms with E-state index in [-0.39, 0.29) is 5.57 Å². The molecule has 0 unspecified atom stereocenters. The molecule has 0 saturated carbocycles. The van der Waals surface area contributed by atoms with E-state index < -0.39 is 5.91 Å². The predicted octanol–water partition coefficient (Wildman–Crippen LogP) is 4.82. The van der Waals surface area contributed by atoms with Crippen molar-refractivity contribution in [2.45, 2.75) is 30.1 Å². The van der Waals surface area contributed by atoms with E-state index in [2.05, 4.69) is 24.5 Å². The fourth-order valence-corrected chi connectivity index (χ4v) is 3.08. The molecule has 4 nitrogen and oxygen atoms in total. The summed E-state index contributed by atoms with van der Waals surface area (Å²) in [4.78, 5) is 14.4. The molecule has 2 rings (SSSR count). The van der Waals surface area contributed by atoms with Crippen LogP contribution in [0.1, 0.15) is 20.3 Å². The Morgan fingerprint density at radius 2 is 1.85 bits per heavy atom. The van der Waals surface area contributed by atoms with Gasteiger partial charge in [0.25, 0.3) is 5.91 Å². The van der Waals surface area contributed by atoms with Gasteiger partial charge in [-0.05, 0) is 36.6 Å². The van der Waals surface area contributed by atoms with Gasteiger partial charge in [0, 0.05) is 22.5 Å². The number of anilines is 1. The fourth-order valence-electron chi connectivity index (χ4n) is 2.16. The van der Waals surface area contributed by atoms with Crippen LogP contribution in [-0.4, -0.2) is 12.5 Å². The Kier molecular flexibility index (Phi) is 7.78. The zero-order valence-corrected chi connectivity index (χ0v) is 15.8. The summed E-state index contributed by atoms with van der Waals surface area (Å²) in [7, 11) is 0. The second kappa shape index (κ2) is 10.3. The standard InChI is InChI=1S/C21H23N3OS/c1-16(2)12-13-23-15-17(14-22)21(25)24-19-10-6-7-11-20(19)26-18-8-4-3-5-9-18/h3-11,15-16,23H,12-13H2,1-2H3,(H,24,25)/b17-15-. The highest BCUT2D eigenvalue weighted by Crippen LogP contribution is 2.33. The molecule has 5 heteroatoms. The van der Waals surface area contributed by atoms with Crippen molar-refractivity contribution >= 4 is 23.4 Å². The number of nitrogens with one attached hydrogen (secondary N) is 2. The number of carbonyl (C=O) groups excluding carboxylic acids is 1. The Labute approximate surface area is 159 Å². The number of nitrogens with zero attached hydrogens (tertiary/aromatic N) is 1. The molecule has 2 aromatic carbocycles. The monoisotopic (exact) mass is 365 g/mol. The van der Waals surface area contributed by atoms with Crippen LogP contribution in [0.15, 0.2) is 76.2 Å². The van der Waals surface area contributed by atoms with E-state index in [9.17, 15) is 10.1 Å². The van der Waals surface area contributed by atoms with E-state index >= 15 is 0 Å². The molecular formula is C21H23N3OS. The number of nitriles is 1. The summed E-state index contributed by atoms with van der Waals surface area (Å²) in [5, 5.41) is 15.1. The first kappa shape index (κ1) is 19.6. The molecular weight excluding hydrogens is 342 g/mol. The third-order valence-electron chi connectivity index (χ3n) is 3.58. The van der Waals surface area contributed by atoms with Crippen molar-refractivity contribution in [3.05, 3.63) is 66.4 Å². The molecule has 0 aliphatic heterocycles. The molecule has 0 spiro atoms. The summed E-state index contributed by atoms with van der Waals surface area (Å²) in [5.74, 6) is 0.155. The Morgan fingerprint density at radius 3 is 2.54 bits per heavy atom. The van der Waals surface area contributed by atoms with E-state index in [4.69, 9.17) is 0 Å². The minimum absolute atomic E-state index is 0.0632. The van der Waals surface area contributed by atoms with Gasteiger partial charge in [-0.15, -0.1) is 0 Å². The Bertz CT molecular complexity index is 794. The van der Waals surface area contributed by atoms with Crippen molar-refractivity contribution in [3.63, 3.8) is 0 Å². The van der Waals surface area contributed by atoms with E-state index in [1.54, 1.807) is 11.8 Å². The highest BCUT2D eigenvalue weighted by atomic mass is 32.2. The highest BCUT2D eigenvalue weighted by Gasteiger charge is 2.12. The Morgan fingerprint density at radius 1 is 1.15 bits per heavy atom. The molecule has 0 saturated heterocycles.